The molecule has 0 spiro atoms. The molecule has 41 heavy (non-hydrogen) atoms. The Hall–Kier alpha value is -2.35. The zero-order valence-electron chi connectivity index (χ0n) is 22.6. The molecule has 6 aromatic carbocycles. The molecule has 0 amide bonds. The quantitative estimate of drug-likeness (QED) is 0.175. The van der Waals surface area contributed by atoms with Gasteiger partial charge in [0.05, 0.1) is 0 Å². The van der Waals surface area contributed by atoms with E-state index in [2.05, 4.69) is 199 Å². The number of hydrogen-bond donors (Lipinski definition) is 0. The van der Waals surface area contributed by atoms with Crippen molar-refractivity contribution >= 4 is 80.6 Å². The van der Waals surface area contributed by atoms with Gasteiger partial charge in [0.2, 0.25) is 0 Å². The molecule has 0 unspecified atom stereocenters. The number of rotatable bonds is 10. The van der Waals surface area contributed by atoms with Crippen LogP contribution in [0.1, 0.15) is 0 Å². The molecule has 0 aliphatic rings. The minimum atomic E-state index is -3.18. The number of hydrogen-bond acceptors (Lipinski definition) is 2. The second-order valence-electron chi connectivity index (χ2n) is 9.68. The predicted octanol–water partition coefficient (Wildman–Crippen LogP) is 5.32. The van der Waals surface area contributed by atoms with Crippen LogP contribution in [0.4, 0.5) is 0 Å². The molecule has 0 N–H and O–H groups in total. The molecule has 0 aromatic heterocycles. The second-order valence-corrected chi connectivity index (χ2v) is 50.6. The SMILES string of the molecule is c1cc[c]([Ge]([S][Ge]([S][Ge]([c]2ccccc2)[c]2ccccc2)([c]2ccccc2)[c]2ccccc2)[c]2ccccc2)cc1. The third-order valence-corrected chi connectivity index (χ3v) is 81.4. The molecule has 0 saturated heterocycles. The topological polar surface area (TPSA) is 0 Å². The van der Waals surface area contributed by atoms with Crippen molar-refractivity contribution in [3.05, 3.63) is 182 Å². The third-order valence-electron chi connectivity index (χ3n) is 6.94. The summed E-state index contributed by atoms with van der Waals surface area (Å²) in [6.45, 7) is 0. The second kappa shape index (κ2) is 14.2. The normalized spacial score (nSPS) is 11.6. The zero-order chi connectivity index (χ0) is 27.7. The average Bonchev–Trinajstić information content (AvgIpc) is 3.07. The van der Waals surface area contributed by atoms with Gasteiger partial charge in [-0.25, -0.2) is 0 Å². The van der Waals surface area contributed by atoms with Crippen LogP contribution in [-0.2, 0) is 0 Å². The van der Waals surface area contributed by atoms with Crippen LogP contribution in [0.15, 0.2) is 182 Å². The molecule has 0 heterocycles. The first-order valence-electron chi connectivity index (χ1n) is 13.8. The van der Waals surface area contributed by atoms with Gasteiger partial charge in [0.15, 0.2) is 0 Å². The molecule has 0 aliphatic carbocycles. The summed E-state index contributed by atoms with van der Waals surface area (Å²) < 4.78 is 9.25. The summed E-state index contributed by atoms with van der Waals surface area (Å²) in [6, 6.07) is 68.6. The monoisotopic (exact) mass is 748 g/mol. The van der Waals surface area contributed by atoms with Crippen LogP contribution in [0.5, 0.6) is 0 Å². The number of benzene rings is 6. The maximum atomic E-state index is 2.44. The van der Waals surface area contributed by atoms with Crippen LogP contribution in [0, 0.1) is 0 Å². The van der Waals surface area contributed by atoms with E-state index in [0.29, 0.717) is 0 Å². The van der Waals surface area contributed by atoms with E-state index >= 15 is 0 Å². The van der Waals surface area contributed by atoms with Crippen LogP contribution in [0.3, 0.4) is 0 Å². The predicted molar refractivity (Wildman–Crippen MR) is 189 cm³/mol. The Kier molecular flexibility index (Phi) is 9.97. The Morgan fingerprint density at radius 3 is 0.756 bits per heavy atom. The summed E-state index contributed by atoms with van der Waals surface area (Å²) in [7, 11) is 1.68. The van der Waals surface area contributed by atoms with E-state index in [1.807, 2.05) is 0 Å². The standard InChI is InChI=1S/C36H30Ge3S2/c1-7-19-31(20-8-1)37(32-21-9-2-10-22-32)40-39(35-27-15-5-16-28-35,36-29-17-6-18-30-36)41-38(33-23-11-3-12-24-33)34-25-13-4-14-26-34/h1-30H. The van der Waals surface area contributed by atoms with Gasteiger partial charge in [-0.05, 0) is 0 Å². The van der Waals surface area contributed by atoms with Crippen molar-refractivity contribution in [3.8, 4) is 0 Å². The Bertz CT molecular complexity index is 1410. The summed E-state index contributed by atoms with van der Waals surface area (Å²) in [6.07, 6.45) is 0. The average molecular weight is 745 g/mol. The van der Waals surface area contributed by atoms with Gasteiger partial charge in [-0.1, -0.05) is 0 Å². The summed E-state index contributed by atoms with van der Waals surface area (Å²) in [4.78, 5) is 0. The van der Waals surface area contributed by atoms with Crippen molar-refractivity contribution in [2.75, 3.05) is 0 Å². The van der Waals surface area contributed by atoms with Gasteiger partial charge in [0, 0.05) is 0 Å². The molecule has 0 saturated carbocycles. The fraction of sp³-hybridized carbons (Fsp3) is 0. The maximum absolute atomic E-state index is 3.18. The van der Waals surface area contributed by atoms with Crippen molar-refractivity contribution in [3.63, 3.8) is 0 Å². The summed E-state index contributed by atoms with van der Waals surface area (Å²) >= 11 is -4.07. The molecule has 0 atom stereocenters. The van der Waals surface area contributed by atoms with Crippen LogP contribution in [0.2, 0.25) is 0 Å². The van der Waals surface area contributed by atoms with Crippen molar-refractivity contribution < 1.29 is 0 Å². The van der Waals surface area contributed by atoms with Crippen LogP contribution in [-0.4, -0.2) is 37.4 Å². The zero-order valence-corrected chi connectivity index (χ0v) is 30.6. The molecular formula is C36H30Ge3S2. The molecule has 5 heteroatoms. The Labute approximate surface area is 260 Å². The summed E-state index contributed by atoms with van der Waals surface area (Å²) in [5.74, 6) is 0. The van der Waals surface area contributed by atoms with Gasteiger partial charge in [0.25, 0.3) is 0 Å². The van der Waals surface area contributed by atoms with Crippen molar-refractivity contribution in [2.24, 2.45) is 0 Å². The van der Waals surface area contributed by atoms with Gasteiger partial charge in [-0.3, -0.25) is 0 Å². The molecule has 2 radical (unpaired) electrons. The molecule has 6 rings (SSSR count). The third kappa shape index (κ3) is 6.84. The minimum absolute atomic E-state index is 1.53. The van der Waals surface area contributed by atoms with Gasteiger partial charge in [0.1, 0.15) is 0 Å². The molecule has 198 valence electrons. The van der Waals surface area contributed by atoms with Gasteiger partial charge in [-0.15, -0.1) is 0 Å². The first-order valence-corrected chi connectivity index (χ1v) is 32.0. The van der Waals surface area contributed by atoms with E-state index in [4.69, 9.17) is 0 Å². The van der Waals surface area contributed by atoms with Gasteiger partial charge >= 0.3 is 263 Å². The van der Waals surface area contributed by atoms with E-state index in [1.54, 1.807) is 8.79 Å². The van der Waals surface area contributed by atoms with E-state index < -0.39 is 37.4 Å². The van der Waals surface area contributed by atoms with Crippen LogP contribution in [0.25, 0.3) is 0 Å². The summed E-state index contributed by atoms with van der Waals surface area (Å²) in [5.41, 5.74) is 0. The Morgan fingerprint density at radius 2 is 0.512 bits per heavy atom. The molecule has 0 fully saturated rings. The Balaban J connectivity index is 1.59. The van der Waals surface area contributed by atoms with Crippen molar-refractivity contribution in [2.45, 2.75) is 0 Å². The first-order chi connectivity index (χ1) is 20.3. The van der Waals surface area contributed by atoms with Gasteiger partial charge < -0.3 is 0 Å². The van der Waals surface area contributed by atoms with Crippen LogP contribution < -0.4 is 26.4 Å². The molecule has 0 bridgehead atoms. The van der Waals surface area contributed by atoms with E-state index in [-0.39, 0.29) is 0 Å². The summed E-state index contributed by atoms with van der Waals surface area (Å²) in [5, 5.41) is 0. The molecular weight excluding hydrogens is 714 g/mol. The molecule has 6 aromatic rings. The van der Waals surface area contributed by atoms with Crippen molar-refractivity contribution in [1.82, 2.24) is 0 Å². The fourth-order valence-electron chi connectivity index (χ4n) is 4.95. The van der Waals surface area contributed by atoms with E-state index in [9.17, 15) is 0 Å². The molecule has 0 nitrogen and oxygen atoms in total. The van der Waals surface area contributed by atoms with Crippen LogP contribution >= 0.6 is 16.8 Å². The first kappa shape index (κ1) is 28.8. The van der Waals surface area contributed by atoms with E-state index in [1.165, 1.54) is 17.6 Å². The van der Waals surface area contributed by atoms with Crippen molar-refractivity contribution in [1.29, 1.82) is 0 Å². The fourth-order valence-corrected chi connectivity index (χ4v) is 120. The van der Waals surface area contributed by atoms with E-state index in [0.717, 1.165) is 0 Å². The molecule has 0 aliphatic heterocycles. The Morgan fingerprint density at radius 1 is 0.293 bits per heavy atom. The van der Waals surface area contributed by atoms with Gasteiger partial charge in [-0.2, -0.15) is 0 Å².